The molecule has 25 heavy (non-hydrogen) atoms. The zero-order valence-corrected chi connectivity index (χ0v) is 13.9. The Morgan fingerprint density at radius 3 is 2.48 bits per heavy atom. The molecule has 1 aromatic heterocycles. The number of furan rings is 1. The largest absolute Gasteiger partial charge is 0.465 e. The number of carbonyl (C=O) groups excluding carboxylic acids is 1. The molecule has 1 aliphatic heterocycles. The van der Waals surface area contributed by atoms with E-state index in [1.165, 1.54) is 6.07 Å². The van der Waals surface area contributed by atoms with Crippen LogP contribution in [-0.2, 0) is 4.74 Å². The van der Waals surface area contributed by atoms with Gasteiger partial charge in [-0.25, -0.2) is 8.78 Å². The quantitative estimate of drug-likeness (QED) is 0.901. The van der Waals surface area contributed by atoms with Crippen molar-refractivity contribution in [1.82, 2.24) is 10.2 Å². The second-order valence-corrected chi connectivity index (χ2v) is 5.92. The molecule has 1 aromatic carbocycles. The van der Waals surface area contributed by atoms with Crippen LogP contribution in [0.4, 0.5) is 8.78 Å². The highest BCUT2D eigenvalue weighted by Gasteiger charge is 2.26. The van der Waals surface area contributed by atoms with Crippen LogP contribution in [0, 0.1) is 18.6 Å². The van der Waals surface area contributed by atoms with Gasteiger partial charge in [0.05, 0.1) is 19.3 Å². The number of carbonyl (C=O) groups is 1. The Balaban J connectivity index is 1.75. The summed E-state index contributed by atoms with van der Waals surface area (Å²) < 4.78 is 38.6. The van der Waals surface area contributed by atoms with E-state index in [0.717, 1.165) is 17.9 Å². The molecule has 2 heterocycles. The second-order valence-electron chi connectivity index (χ2n) is 5.92. The lowest BCUT2D eigenvalue weighted by molar-refractivity contribution is 0.0116. The maximum Gasteiger partial charge on any atom is 0.257 e. The van der Waals surface area contributed by atoms with Gasteiger partial charge >= 0.3 is 0 Å². The maximum absolute atomic E-state index is 13.8. The number of nitrogens with one attached hydrogen (secondary N) is 1. The third-order valence-corrected chi connectivity index (χ3v) is 4.22. The number of amides is 1. The van der Waals surface area contributed by atoms with E-state index in [1.807, 2.05) is 19.1 Å². The topological polar surface area (TPSA) is 54.7 Å². The first-order valence-corrected chi connectivity index (χ1v) is 8.16. The van der Waals surface area contributed by atoms with E-state index in [2.05, 4.69) is 10.2 Å². The van der Waals surface area contributed by atoms with E-state index in [1.54, 1.807) is 0 Å². The second kappa shape index (κ2) is 7.76. The molecule has 1 aliphatic rings. The van der Waals surface area contributed by atoms with E-state index in [-0.39, 0.29) is 12.6 Å². The Bertz CT molecular complexity index is 721. The zero-order chi connectivity index (χ0) is 17.8. The van der Waals surface area contributed by atoms with Crippen molar-refractivity contribution in [3.63, 3.8) is 0 Å². The van der Waals surface area contributed by atoms with Gasteiger partial charge in [-0.05, 0) is 31.2 Å². The van der Waals surface area contributed by atoms with Crippen LogP contribution < -0.4 is 5.32 Å². The molecule has 1 unspecified atom stereocenters. The van der Waals surface area contributed by atoms with Gasteiger partial charge in [-0.3, -0.25) is 9.69 Å². The van der Waals surface area contributed by atoms with Crippen molar-refractivity contribution in [2.24, 2.45) is 0 Å². The molecule has 1 saturated heterocycles. The first kappa shape index (κ1) is 17.6. The first-order chi connectivity index (χ1) is 12.1. The third kappa shape index (κ3) is 4.05. The number of morpholine rings is 1. The van der Waals surface area contributed by atoms with Crippen LogP contribution in [0.5, 0.6) is 0 Å². The van der Waals surface area contributed by atoms with E-state index in [9.17, 15) is 13.6 Å². The van der Waals surface area contributed by atoms with Gasteiger partial charge < -0.3 is 14.5 Å². The molecule has 0 bridgehead atoms. The van der Waals surface area contributed by atoms with Crippen LogP contribution in [0.15, 0.2) is 34.7 Å². The predicted molar refractivity (Wildman–Crippen MR) is 87.3 cm³/mol. The Hall–Kier alpha value is -2.25. The number of nitrogens with zero attached hydrogens (tertiary/aromatic N) is 1. The lowest BCUT2D eigenvalue weighted by atomic mass is 10.1. The van der Waals surface area contributed by atoms with Gasteiger partial charge in [0.2, 0.25) is 0 Å². The van der Waals surface area contributed by atoms with Gasteiger partial charge in [-0.2, -0.15) is 0 Å². The van der Waals surface area contributed by atoms with E-state index >= 15 is 0 Å². The summed E-state index contributed by atoms with van der Waals surface area (Å²) in [6, 6.07) is 6.83. The highest BCUT2D eigenvalue weighted by Crippen LogP contribution is 2.23. The van der Waals surface area contributed by atoms with Crippen molar-refractivity contribution in [2.75, 3.05) is 32.8 Å². The Labute approximate surface area is 144 Å². The van der Waals surface area contributed by atoms with Gasteiger partial charge in [0, 0.05) is 19.6 Å². The Kier molecular flexibility index (Phi) is 5.45. The average Bonchev–Trinajstić information content (AvgIpc) is 3.02. The normalized spacial score (nSPS) is 16.6. The number of rotatable bonds is 5. The molecule has 1 amide bonds. The predicted octanol–water partition coefficient (Wildman–Crippen LogP) is 2.67. The highest BCUT2D eigenvalue weighted by molar-refractivity contribution is 5.94. The molecule has 1 atom stereocenters. The van der Waals surface area contributed by atoms with Gasteiger partial charge in [0.15, 0.2) is 0 Å². The minimum Gasteiger partial charge on any atom is -0.465 e. The monoisotopic (exact) mass is 350 g/mol. The summed E-state index contributed by atoms with van der Waals surface area (Å²) in [7, 11) is 0. The van der Waals surface area contributed by atoms with E-state index in [4.69, 9.17) is 9.15 Å². The van der Waals surface area contributed by atoms with E-state index in [0.29, 0.717) is 32.1 Å². The van der Waals surface area contributed by atoms with Crippen LogP contribution in [-0.4, -0.2) is 43.7 Å². The number of hydrogen-bond donors (Lipinski definition) is 1. The molecular weight excluding hydrogens is 330 g/mol. The SMILES string of the molecule is Cc1ccc(C(CNC(=O)c2c(F)cccc2F)N2CCOCC2)o1. The molecule has 1 fully saturated rings. The summed E-state index contributed by atoms with van der Waals surface area (Å²) in [5.74, 6) is -1.07. The molecular formula is C18H20F2N2O3. The smallest absolute Gasteiger partial charge is 0.257 e. The summed E-state index contributed by atoms with van der Waals surface area (Å²) in [5, 5.41) is 2.62. The molecule has 134 valence electrons. The Morgan fingerprint density at radius 1 is 1.20 bits per heavy atom. The van der Waals surface area contributed by atoms with Crippen LogP contribution in [0.1, 0.15) is 27.9 Å². The zero-order valence-electron chi connectivity index (χ0n) is 13.9. The maximum atomic E-state index is 13.8. The number of hydrogen-bond acceptors (Lipinski definition) is 4. The van der Waals surface area contributed by atoms with Gasteiger partial charge in [-0.15, -0.1) is 0 Å². The summed E-state index contributed by atoms with van der Waals surface area (Å²) in [4.78, 5) is 14.4. The van der Waals surface area contributed by atoms with Crippen LogP contribution in [0.25, 0.3) is 0 Å². The molecule has 1 N–H and O–H groups in total. The Morgan fingerprint density at radius 2 is 1.88 bits per heavy atom. The molecule has 0 saturated carbocycles. The van der Waals surface area contributed by atoms with Crippen molar-refractivity contribution in [3.8, 4) is 0 Å². The van der Waals surface area contributed by atoms with Gasteiger partial charge in [-0.1, -0.05) is 6.07 Å². The fourth-order valence-electron chi connectivity index (χ4n) is 2.92. The van der Waals surface area contributed by atoms with Crippen molar-refractivity contribution >= 4 is 5.91 Å². The molecule has 0 spiro atoms. The summed E-state index contributed by atoms with van der Waals surface area (Å²) >= 11 is 0. The summed E-state index contributed by atoms with van der Waals surface area (Å²) in [6.07, 6.45) is 0. The lowest BCUT2D eigenvalue weighted by Crippen LogP contribution is -2.43. The molecule has 5 nitrogen and oxygen atoms in total. The molecule has 0 radical (unpaired) electrons. The van der Waals surface area contributed by atoms with Crippen molar-refractivity contribution in [1.29, 1.82) is 0 Å². The molecule has 2 aromatic rings. The molecule has 3 rings (SSSR count). The third-order valence-electron chi connectivity index (χ3n) is 4.22. The average molecular weight is 350 g/mol. The number of ether oxygens (including phenoxy) is 1. The molecule has 0 aliphatic carbocycles. The first-order valence-electron chi connectivity index (χ1n) is 8.16. The standard InChI is InChI=1S/C18H20F2N2O3/c1-12-5-6-16(25-12)15(22-7-9-24-10-8-22)11-21-18(23)17-13(19)3-2-4-14(17)20/h2-6,15H,7-11H2,1H3,(H,21,23). The van der Waals surface area contributed by atoms with Crippen molar-refractivity contribution in [3.05, 3.63) is 59.1 Å². The van der Waals surface area contributed by atoms with Gasteiger partial charge in [0.25, 0.3) is 5.91 Å². The highest BCUT2D eigenvalue weighted by atomic mass is 19.1. The number of benzene rings is 1. The van der Waals surface area contributed by atoms with Crippen LogP contribution in [0.3, 0.4) is 0 Å². The fourth-order valence-corrected chi connectivity index (χ4v) is 2.92. The molecule has 7 heteroatoms. The fraction of sp³-hybridized carbons (Fsp3) is 0.389. The van der Waals surface area contributed by atoms with Crippen LogP contribution in [0.2, 0.25) is 0 Å². The van der Waals surface area contributed by atoms with Crippen molar-refractivity contribution in [2.45, 2.75) is 13.0 Å². The van der Waals surface area contributed by atoms with Crippen LogP contribution >= 0.6 is 0 Å². The minimum atomic E-state index is -0.880. The number of halogens is 2. The summed E-state index contributed by atoms with van der Waals surface area (Å²) in [5.41, 5.74) is -0.571. The van der Waals surface area contributed by atoms with Crippen molar-refractivity contribution < 1.29 is 22.7 Å². The summed E-state index contributed by atoms with van der Waals surface area (Å²) in [6.45, 7) is 4.58. The van der Waals surface area contributed by atoms with Gasteiger partial charge in [0.1, 0.15) is 28.7 Å². The van der Waals surface area contributed by atoms with E-state index < -0.39 is 23.1 Å². The number of aryl methyl sites for hydroxylation is 1. The minimum absolute atomic E-state index is 0.180. The lowest BCUT2D eigenvalue weighted by Gasteiger charge is -2.33.